The number of hydrogen-bond donors (Lipinski definition) is 2. The van der Waals surface area contributed by atoms with Gasteiger partial charge in [-0.3, -0.25) is 24.5 Å². The number of anilines is 1. The van der Waals surface area contributed by atoms with Gasteiger partial charge in [0.1, 0.15) is 18.2 Å². The van der Waals surface area contributed by atoms with E-state index in [-0.39, 0.29) is 104 Å². The molecule has 0 bridgehead atoms. The Morgan fingerprint density at radius 2 is 1.68 bits per heavy atom. The molecule has 0 radical (unpaired) electrons. The minimum atomic E-state index is -0.745. The summed E-state index contributed by atoms with van der Waals surface area (Å²) < 4.78 is 27.3. The first kappa shape index (κ1) is 37.2. The SMILES string of the molecule is CC(C)(C)OC(=O)N(CCOCCN=[N+]=[N-])CCOCCOCCOCC(=O)Nc1cccc2c1CN(C1CCC(=O)NC1=O)C2=O. The lowest BCUT2D eigenvalue weighted by Crippen LogP contribution is -2.52. The highest BCUT2D eigenvalue weighted by Crippen LogP contribution is 2.32. The van der Waals surface area contributed by atoms with E-state index in [1.807, 2.05) is 0 Å². The van der Waals surface area contributed by atoms with Crippen LogP contribution in [0.25, 0.3) is 10.4 Å². The quantitative estimate of drug-likeness (QED) is 0.0724. The van der Waals surface area contributed by atoms with E-state index in [1.165, 1.54) is 9.80 Å². The molecule has 0 aromatic heterocycles. The maximum Gasteiger partial charge on any atom is 0.410 e. The molecule has 1 atom stereocenters. The van der Waals surface area contributed by atoms with Crippen molar-refractivity contribution in [3.8, 4) is 0 Å². The van der Waals surface area contributed by atoms with Gasteiger partial charge in [0.05, 0.1) is 46.2 Å². The molecule has 2 aliphatic heterocycles. The molecule has 1 aromatic carbocycles. The fourth-order valence-electron chi connectivity index (χ4n) is 4.72. The van der Waals surface area contributed by atoms with E-state index >= 15 is 0 Å². The number of imide groups is 1. The van der Waals surface area contributed by atoms with Gasteiger partial charge < -0.3 is 38.8 Å². The molecule has 0 saturated carbocycles. The van der Waals surface area contributed by atoms with Gasteiger partial charge in [0.15, 0.2) is 0 Å². The minimum Gasteiger partial charge on any atom is -0.444 e. The molecule has 258 valence electrons. The van der Waals surface area contributed by atoms with Crippen LogP contribution in [0.1, 0.15) is 49.5 Å². The average molecular weight is 662 g/mol. The maximum atomic E-state index is 13.0. The first-order valence-electron chi connectivity index (χ1n) is 15.4. The van der Waals surface area contributed by atoms with Crippen molar-refractivity contribution in [3.63, 3.8) is 0 Å². The van der Waals surface area contributed by atoms with Crippen LogP contribution in [0.5, 0.6) is 0 Å². The third-order valence-corrected chi connectivity index (χ3v) is 6.89. The van der Waals surface area contributed by atoms with E-state index in [9.17, 15) is 24.0 Å². The molecule has 5 amide bonds. The third-order valence-electron chi connectivity index (χ3n) is 6.89. The van der Waals surface area contributed by atoms with Gasteiger partial charge in [-0.25, -0.2) is 4.79 Å². The van der Waals surface area contributed by atoms with Crippen LogP contribution in [-0.4, -0.2) is 124 Å². The summed E-state index contributed by atoms with van der Waals surface area (Å²) in [5.41, 5.74) is 9.11. The number of rotatable bonds is 19. The fourth-order valence-corrected chi connectivity index (χ4v) is 4.72. The number of piperidine rings is 1. The zero-order chi connectivity index (χ0) is 34.2. The van der Waals surface area contributed by atoms with Crippen molar-refractivity contribution in [1.29, 1.82) is 0 Å². The number of amides is 5. The summed E-state index contributed by atoms with van der Waals surface area (Å²) in [6, 6.07) is 4.22. The predicted octanol–water partition coefficient (Wildman–Crippen LogP) is 2.00. The highest BCUT2D eigenvalue weighted by atomic mass is 16.6. The molecule has 0 aliphatic carbocycles. The Balaban J connectivity index is 1.29. The van der Waals surface area contributed by atoms with Crippen molar-refractivity contribution in [2.45, 2.75) is 51.8 Å². The molecule has 1 saturated heterocycles. The lowest BCUT2D eigenvalue weighted by Gasteiger charge is -2.29. The Bertz CT molecular complexity index is 1310. The molecule has 0 spiro atoms. The predicted molar refractivity (Wildman–Crippen MR) is 166 cm³/mol. The van der Waals surface area contributed by atoms with Crippen molar-refractivity contribution in [2.75, 3.05) is 77.8 Å². The molecule has 1 aromatic rings. The van der Waals surface area contributed by atoms with Crippen LogP contribution in [0, 0.1) is 0 Å². The monoisotopic (exact) mass is 661 g/mol. The van der Waals surface area contributed by atoms with E-state index in [0.29, 0.717) is 16.8 Å². The smallest absolute Gasteiger partial charge is 0.410 e. The van der Waals surface area contributed by atoms with E-state index < -0.39 is 29.6 Å². The number of azide groups is 1. The molecule has 17 heteroatoms. The number of ether oxygens (including phenoxy) is 5. The standard InChI is InChI=1S/C30H43N7O10/c1-30(2,3)47-29(42)36(10-13-43-12-9-32-35-31)11-14-44-15-16-45-17-18-46-20-26(39)33-23-6-4-5-21-22(23)19-37(28(21)41)24-7-8-25(38)34-27(24)40/h4-6,24H,7-20H2,1-3H3,(H,33,39)(H,34,38,40). The zero-order valence-electron chi connectivity index (χ0n) is 27.0. The summed E-state index contributed by atoms with van der Waals surface area (Å²) in [7, 11) is 0. The molecule has 17 nitrogen and oxygen atoms in total. The largest absolute Gasteiger partial charge is 0.444 e. The van der Waals surface area contributed by atoms with Gasteiger partial charge in [-0.05, 0) is 44.9 Å². The minimum absolute atomic E-state index is 0.140. The van der Waals surface area contributed by atoms with E-state index in [2.05, 4.69) is 20.7 Å². The molecule has 3 rings (SSSR count). The van der Waals surface area contributed by atoms with Crippen molar-refractivity contribution < 1.29 is 47.7 Å². The van der Waals surface area contributed by atoms with Crippen LogP contribution in [-0.2, 0) is 44.6 Å². The van der Waals surface area contributed by atoms with E-state index in [0.717, 1.165) is 0 Å². The number of hydrogen-bond acceptors (Lipinski definition) is 11. The Hall–Kier alpha value is -4.28. The van der Waals surface area contributed by atoms with Crippen molar-refractivity contribution in [2.24, 2.45) is 5.11 Å². The first-order chi connectivity index (χ1) is 22.5. The molecular formula is C30H43N7O10. The van der Waals surface area contributed by atoms with Crippen LogP contribution in [0.2, 0.25) is 0 Å². The van der Waals surface area contributed by atoms with Gasteiger partial charge in [0, 0.05) is 54.3 Å². The number of fused-ring (bicyclic) bond motifs is 1. The Morgan fingerprint density at radius 3 is 2.34 bits per heavy atom. The number of carbonyl (C=O) groups is 5. The lowest BCUT2D eigenvalue weighted by molar-refractivity contribution is -0.137. The topological polar surface area (TPSA) is 211 Å². The highest BCUT2D eigenvalue weighted by molar-refractivity contribution is 6.06. The van der Waals surface area contributed by atoms with Crippen LogP contribution < -0.4 is 10.6 Å². The van der Waals surface area contributed by atoms with E-state index in [4.69, 9.17) is 29.2 Å². The maximum absolute atomic E-state index is 13.0. The van der Waals surface area contributed by atoms with Gasteiger partial charge in [-0.15, -0.1) is 0 Å². The van der Waals surface area contributed by atoms with Gasteiger partial charge in [0.25, 0.3) is 5.91 Å². The number of carbonyl (C=O) groups excluding carboxylic acids is 5. The Morgan fingerprint density at radius 1 is 1.02 bits per heavy atom. The second-order valence-electron chi connectivity index (χ2n) is 11.6. The zero-order valence-corrected chi connectivity index (χ0v) is 27.0. The van der Waals surface area contributed by atoms with E-state index in [1.54, 1.807) is 39.0 Å². The molecular weight excluding hydrogens is 618 g/mol. The summed E-state index contributed by atoms with van der Waals surface area (Å²) >= 11 is 0. The van der Waals surface area contributed by atoms with Crippen molar-refractivity contribution >= 4 is 35.4 Å². The Labute approximate surface area is 272 Å². The molecule has 1 unspecified atom stereocenters. The van der Waals surface area contributed by atoms with Crippen molar-refractivity contribution in [1.82, 2.24) is 15.1 Å². The highest BCUT2D eigenvalue weighted by Gasteiger charge is 2.40. The van der Waals surface area contributed by atoms with Gasteiger partial charge in [-0.2, -0.15) is 0 Å². The number of nitrogens with zero attached hydrogens (tertiary/aromatic N) is 5. The molecule has 1 fully saturated rings. The summed E-state index contributed by atoms with van der Waals surface area (Å²) in [5.74, 6) is -1.60. The summed E-state index contributed by atoms with van der Waals surface area (Å²) in [6.07, 6.45) is -0.0839. The van der Waals surface area contributed by atoms with Gasteiger partial charge >= 0.3 is 6.09 Å². The second-order valence-corrected chi connectivity index (χ2v) is 11.6. The average Bonchev–Trinajstić information content (AvgIpc) is 3.34. The fraction of sp³-hybridized carbons (Fsp3) is 0.633. The molecule has 2 heterocycles. The normalized spacial score (nSPS) is 15.9. The summed E-state index contributed by atoms with van der Waals surface area (Å²) in [5, 5.41) is 8.43. The Kier molecular flexibility index (Phi) is 14.8. The lowest BCUT2D eigenvalue weighted by atomic mass is 10.0. The number of nitrogens with one attached hydrogen (secondary N) is 2. The molecule has 2 aliphatic rings. The van der Waals surface area contributed by atoms with Gasteiger partial charge in [0.2, 0.25) is 17.7 Å². The summed E-state index contributed by atoms with van der Waals surface area (Å²) in [6.45, 7) is 7.69. The van der Waals surface area contributed by atoms with Crippen LogP contribution in [0.15, 0.2) is 23.3 Å². The first-order valence-corrected chi connectivity index (χ1v) is 15.4. The third kappa shape index (κ3) is 12.4. The van der Waals surface area contributed by atoms with Crippen LogP contribution in [0.4, 0.5) is 10.5 Å². The molecule has 2 N–H and O–H groups in total. The molecule has 47 heavy (non-hydrogen) atoms. The summed E-state index contributed by atoms with van der Waals surface area (Å²) in [4.78, 5) is 67.4. The number of benzene rings is 1. The second kappa shape index (κ2) is 18.8. The van der Waals surface area contributed by atoms with Crippen molar-refractivity contribution in [3.05, 3.63) is 39.8 Å². The van der Waals surface area contributed by atoms with Gasteiger partial charge in [-0.1, -0.05) is 11.2 Å². The van der Waals surface area contributed by atoms with Crippen LogP contribution >= 0.6 is 0 Å². The van der Waals surface area contributed by atoms with Crippen LogP contribution in [0.3, 0.4) is 0 Å².